The number of carbonyl (C=O) groups is 2. The number of hydrogen-bond acceptors (Lipinski definition) is 6. The maximum absolute atomic E-state index is 11.9. The van der Waals surface area contributed by atoms with Crippen LogP contribution in [-0.4, -0.2) is 34.1 Å². The highest BCUT2D eigenvalue weighted by Gasteiger charge is 2.34. The van der Waals surface area contributed by atoms with Crippen LogP contribution < -0.4 is 0 Å². The van der Waals surface area contributed by atoms with Gasteiger partial charge in [-0.1, -0.05) is 25.7 Å². The topological polar surface area (TPSA) is 52.6 Å². The molecule has 6 heteroatoms. The van der Waals surface area contributed by atoms with Crippen LogP contribution in [0.4, 0.5) is 0 Å². The minimum Gasteiger partial charge on any atom is -0.461 e. The van der Waals surface area contributed by atoms with Crippen molar-refractivity contribution in [2.24, 2.45) is 0 Å². The van der Waals surface area contributed by atoms with Crippen molar-refractivity contribution in [3.05, 3.63) is 12.2 Å². The lowest BCUT2D eigenvalue weighted by molar-refractivity contribution is -0.151. The molecule has 108 valence electrons. The summed E-state index contributed by atoms with van der Waals surface area (Å²) in [5.74, 6) is -0.839. The second kappa shape index (κ2) is 8.32. The Morgan fingerprint density at radius 3 is 2.21 bits per heavy atom. The van der Waals surface area contributed by atoms with E-state index in [2.05, 4.69) is 6.58 Å². The number of thioether (sulfide) groups is 1. The largest absolute Gasteiger partial charge is 0.461 e. The van der Waals surface area contributed by atoms with Crippen LogP contribution in [0.5, 0.6) is 0 Å². The third kappa shape index (κ3) is 6.73. The van der Waals surface area contributed by atoms with E-state index in [1.807, 2.05) is 6.92 Å². The fourth-order valence-electron chi connectivity index (χ4n) is 1.12. The molecule has 0 aromatic heterocycles. The molecule has 0 aromatic carbocycles. The van der Waals surface area contributed by atoms with Gasteiger partial charge in [0.2, 0.25) is 0 Å². The highest BCUT2D eigenvalue weighted by Crippen LogP contribution is 2.31. The summed E-state index contributed by atoms with van der Waals surface area (Å²) in [6.45, 7) is 10.5. The van der Waals surface area contributed by atoms with Gasteiger partial charge in [-0.15, -0.1) is 11.8 Å². The van der Waals surface area contributed by atoms with Crippen molar-refractivity contribution in [1.29, 1.82) is 0 Å². The van der Waals surface area contributed by atoms with Crippen LogP contribution in [-0.2, 0) is 19.1 Å². The minimum absolute atomic E-state index is 0.0263. The second-order valence-electron chi connectivity index (χ2n) is 4.23. The zero-order valence-electron chi connectivity index (χ0n) is 11.8. The first-order valence-corrected chi connectivity index (χ1v) is 7.15. The van der Waals surface area contributed by atoms with Crippen LogP contribution in [0.1, 0.15) is 34.1 Å². The predicted octanol–water partition coefficient (Wildman–Crippen LogP) is 2.90. The summed E-state index contributed by atoms with van der Waals surface area (Å²) in [5.41, 5.74) is 0.316. The Hall–Kier alpha value is -0.880. The SMILES string of the molecule is C=C(C)C(=O)OCCOC(=O)C(C)(CC)SC(C)=S. The summed E-state index contributed by atoms with van der Waals surface area (Å²) in [6, 6.07) is 0. The molecule has 0 aliphatic heterocycles. The van der Waals surface area contributed by atoms with Gasteiger partial charge in [0.05, 0.1) is 0 Å². The summed E-state index contributed by atoms with van der Waals surface area (Å²) >= 11 is 6.32. The standard InChI is InChI=1S/C13H20O4S2/c1-6-13(5,19-10(4)18)12(15)17-8-7-16-11(14)9(2)3/h2,6-8H2,1,3-5H3. The van der Waals surface area contributed by atoms with Gasteiger partial charge in [-0.3, -0.25) is 4.79 Å². The zero-order valence-corrected chi connectivity index (χ0v) is 13.4. The highest BCUT2D eigenvalue weighted by atomic mass is 32.2. The Balaban J connectivity index is 4.18. The number of thiocarbonyl (C=S) groups is 1. The van der Waals surface area contributed by atoms with Crippen LogP contribution in [0.3, 0.4) is 0 Å². The minimum atomic E-state index is -0.690. The lowest BCUT2D eigenvalue weighted by Gasteiger charge is -2.24. The molecular weight excluding hydrogens is 284 g/mol. The van der Waals surface area contributed by atoms with Crippen LogP contribution >= 0.6 is 24.0 Å². The molecule has 0 rings (SSSR count). The molecule has 0 spiro atoms. The summed E-state index contributed by atoms with van der Waals surface area (Å²) in [4.78, 5) is 23.1. The molecule has 4 nitrogen and oxygen atoms in total. The second-order valence-corrected chi connectivity index (χ2v) is 6.82. The van der Waals surface area contributed by atoms with Gasteiger partial charge in [-0.05, 0) is 27.2 Å². The van der Waals surface area contributed by atoms with Gasteiger partial charge < -0.3 is 9.47 Å². The number of carbonyl (C=O) groups excluding carboxylic acids is 2. The Bertz CT molecular complexity index is 379. The summed E-state index contributed by atoms with van der Waals surface area (Å²) in [6.07, 6.45) is 0.607. The lowest BCUT2D eigenvalue weighted by Crippen LogP contribution is -2.34. The van der Waals surface area contributed by atoms with Crippen LogP contribution in [0.25, 0.3) is 0 Å². The van der Waals surface area contributed by atoms with E-state index in [0.29, 0.717) is 16.2 Å². The van der Waals surface area contributed by atoms with Crippen molar-refractivity contribution >= 4 is 40.1 Å². The number of ether oxygens (including phenoxy) is 2. The molecule has 1 unspecified atom stereocenters. The monoisotopic (exact) mass is 304 g/mol. The van der Waals surface area contributed by atoms with Gasteiger partial charge in [0.25, 0.3) is 0 Å². The number of hydrogen-bond donors (Lipinski definition) is 0. The molecule has 0 N–H and O–H groups in total. The Kier molecular flexibility index (Phi) is 7.94. The van der Waals surface area contributed by atoms with Crippen molar-refractivity contribution in [1.82, 2.24) is 0 Å². The molecule has 0 saturated heterocycles. The van der Waals surface area contributed by atoms with E-state index in [9.17, 15) is 9.59 Å². The molecule has 1 atom stereocenters. The molecule has 0 radical (unpaired) electrons. The maximum atomic E-state index is 11.9. The van der Waals surface area contributed by atoms with E-state index < -0.39 is 10.7 Å². The molecule has 0 amide bonds. The number of rotatable bonds is 7. The van der Waals surface area contributed by atoms with Crippen LogP contribution in [0.2, 0.25) is 0 Å². The van der Waals surface area contributed by atoms with E-state index in [4.69, 9.17) is 21.7 Å². The predicted molar refractivity (Wildman–Crippen MR) is 81.3 cm³/mol. The van der Waals surface area contributed by atoms with E-state index in [1.54, 1.807) is 20.8 Å². The maximum Gasteiger partial charge on any atom is 0.333 e. The Labute approximate surface area is 123 Å². The fourth-order valence-corrected chi connectivity index (χ4v) is 2.59. The quantitative estimate of drug-likeness (QED) is 0.312. The van der Waals surface area contributed by atoms with Gasteiger partial charge in [0.1, 0.15) is 18.0 Å². The fraction of sp³-hybridized carbons (Fsp3) is 0.615. The summed E-state index contributed by atoms with van der Waals surface area (Å²) in [7, 11) is 0. The molecule has 0 fully saturated rings. The summed E-state index contributed by atoms with van der Waals surface area (Å²) in [5, 5.41) is 0. The van der Waals surface area contributed by atoms with E-state index in [1.165, 1.54) is 11.8 Å². The molecule has 19 heavy (non-hydrogen) atoms. The van der Waals surface area contributed by atoms with E-state index in [0.717, 1.165) is 0 Å². The lowest BCUT2D eigenvalue weighted by atomic mass is 10.1. The molecule has 0 heterocycles. The first-order chi connectivity index (χ1) is 8.73. The Morgan fingerprint density at radius 1 is 1.26 bits per heavy atom. The molecule has 0 aromatic rings. The van der Waals surface area contributed by atoms with E-state index in [-0.39, 0.29) is 19.2 Å². The summed E-state index contributed by atoms with van der Waals surface area (Å²) < 4.78 is 9.94. The average molecular weight is 304 g/mol. The zero-order chi connectivity index (χ0) is 15.1. The van der Waals surface area contributed by atoms with Crippen molar-refractivity contribution in [2.75, 3.05) is 13.2 Å². The highest BCUT2D eigenvalue weighted by molar-refractivity contribution is 8.24. The molecule has 0 saturated carbocycles. The van der Waals surface area contributed by atoms with Crippen molar-refractivity contribution in [2.45, 2.75) is 38.9 Å². The van der Waals surface area contributed by atoms with Gasteiger partial charge in [0.15, 0.2) is 0 Å². The average Bonchev–Trinajstić information content (AvgIpc) is 2.32. The van der Waals surface area contributed by atoms with Gasteiger partial charge in [0, 0.05) is 9.77 Å². The third-order valence-electron chi connectivity index (χ3n) is 2.37. The molecular formula is C13H20O4S2. The van der Waals surface area contributed by atoms with Crippen LogP contribution in [0.15, 0.2) is 12.2 Å². The smallest absolute Gasteiger partial charge is 0.333 e. The normalized spacial score (nSPS) is 13.3. The van der Waals surface area contributed by atoms with Crippen LogP contribution in [0, 0.1) is 0 Å². The van der Waals surface area contributed by atoms with Crippen molar-refractivity contribution in [3.63, 3.8) is 0 Å². The number of esters is 2. The van der Waals surface area contributed by atoms with Gasteiger partial charge in [-0.25, -0.2) is 4.79 Å². The van der Waals surface area contributed by atoms with Crippen molar-refractivity contribution < 1.29 is 19.1 Å². The molecule has 0 bridgehead atoms. The first-order valence-electron chi connectivity index (χ1n) is 5.92. The Morgan fingerprint density at radius 2 is 1.79 bits per heavy atom. The van der Waals surface area contributed by atoms with Gasteiger partial charge >= 0.3 is 11.9 Å². The van der Waals surface area contributed by atoms with E-state index >= 15 is 0 Å². The first kappa shape index (κ1) is 18.1. The third-order valence-corrected chi connectivity index (χ3v) is 3.82. The van der Waals surface area contributed by atoms with Gasteiger partial charge in [-0.2, -0.15) is 0 Å². The van der Waals surface area contributed by atoms with Crippen molar-refractivity contribution in [3.8, 4) is 0 Å². The molecule has 0 aliphatic rings. The molecule has 0 aliphatic carbocycles.